The summed E-state index contributed by atoms with van der Waals surface area (Å²) in [4.78, 5) is 41.4. The van der Waals surface area contributed by atoms with Crippen molar-refractivity contribution in [3.05, 3.63) is 23.8 Å². The van der Waals surface area contributed by atoms with E-state index in [-0.39, 0.29) is 48.6 Å². The minimum atomic E-state index is -0.266. The number of ether oxygens (including phenoxy) is 2. The molecule has 1 aliphatic heterocycles. The Morgan fingerprint density at radius 2 is 1.94 bits per heavy atom. The molecule has 1 aromatic rings. The fourth-order valence-corrected chi connectivity index (χ4v) is 3.71. The summed E-state index contributed by atoms with van der Waals surface area (Å²) >= 11 is 0. The SMILES string of the molecule is CCC(=O)Nc1ccc2c(c1)OC[C@@H](C)N(C(=O)NC(C)C)C[C@@H](C)[C@@H](OC)CN(C)C2=O. The molecule has 184 valence electrons. The number of fused-ring (bicyclic) bond motifs is 1. The lowest BCUT2D eigenvalue weighted by molar-refractivity contribution is -0.115. The first-order valence-electron chi connectivity index (χ1n) is 11.5. The van der Waals surface area contributed by atoms with E-state index in [1.165, 1.54) is 0 Å². The molecule has 1 aliphatic rings. The van der Waals surface area contributed by atoms with Gasteiger partial charge in [-0.15, -0.1) is 0 Å². The molecule has 0 spiro atoms. The highest BCUT2D eigenvalue weighted by Crippen LogP contribution is 2.27. The monoisotopic (exact) mass is 462 g/mol. The average molecular weight is 463 g/mol. The van der Waals surface area contributed by atoms with E-state index in [9.17, 15) is 14.4 Å². The van der Waals surface area contributed by atoms with Crippen LogP contribution in [-0.2, 0) is 9.53 Å². The number of benzene rings is 1. The number of nitrogens with zero attached hydrogens (tertiary/aromatic N) is 2. The van der Waals surface area contributed by atoms with Gasteiger partial charge in [-0.3, -0.25) is 9.59 Å². The normalized spacial score (nSPS) is 22.1. The molecule has 1 heterocycles. The van der Waals surface area contributed by atoms with Crippen LogP contribution in [0.15, 0.2) is 18.2 Å². The van der Waals surface area contributed by atoms with Gasteiger partial charge in [0, 0.05) is 57.4 Å². The molecular weight excluding hydrogens is 424 g/mol. The van der Waals surface area contributed by atoms with Crippen molar-refractivity contribution >= 4 is 23.5 Å². The van der Waals surface area contributed by atoms with Crippen LogP contribution in [-0.4, -0.2) is 79.7 Å². The van der Waals surface area contributed by atoms with Crippen molar-refractivity contribution in [2.24, 2.45) is 5.92 Å². The zero-order valence-electron chi connectivity index (χ0n) is 20.8. The molecule has 0 fully saturated rings. The van der Waals surface area contributed by atoms with Crippen LogP contribution in [0.4, 0.5) is 10.5 Å². The van der Waals surface area contributed by atoms with E-state index in [2.05, 4.69) is 10.6 Å². The van der Waals surface area contributed by atoms with Crippen LogP contribution in [0.3, 0.4) is 0 Å². The third kappa shape index (κ3) is 7.08. The molecule has 9 heteroatoms. The molecular formula is C24H38N4O5. The van der Waals surface area contributed by atoms with Crippen LogP contribution in [0.5, 0.6) is 5.75 Å². The number of hydrogen-bond acceptors (Lipinski definition) is 5. The van der Waals surface area contributed by atoms with Crippen LogP contribution >= 0.6 is 0 Å². The zero-order valence-corrected chi connectivity index (χ0v) is 20.8. The molecule has 4 amide bonds. The molecule has 9 nitrogen and oxygen atoms in total. The summed E-state index contributed by atoms with van der Waals surface area (Å²) in [7, 11) is 3.34. The van der Waals surface area contributed by atoms with Crippen LogP contribution in [0.25, 0.3) is 0 Å². The summed E-state index contributed by atoms with van der Waals surface area (Å²) in [5, 5.41) is 5.76. The minimum Gasteiger partial charge on any atom is -0.491 e. The fourth-order valence-electron chi connectivity index (χ4n) is 3.71. The molecule has 2 N–H and O–H groups in total. The molecule has 0 radical (unpaired) electrons. The summed E-state index contributed by atoms with van der Waals surface area (Å²) in [6, 6.07) is 4.56. The first-order chi connectivity index (χ1) is 15.6. The van der Waals surface area contributed by atoms with Gasteiger partial charge < -0.3 is 29.9 Å². The third-order valence-corrected chi connectivity index (χ3v) is 5.72. The van der Waals surface area contributed by atoms with Gasteiger partial charge in [-0.1, -0.05) is 13.8 Å². The zero-order chi connectivity index (χ0) is 24.7. The van der Waals surface area contributed by atoms with Crippen molar-refractivity contribution in [1.82, 2.24) is 15.1 Å². The van der Waals surface area contributed by atoms with Crippen LogP contribution in [0, 0.1) is 5.92 Å². The van der Waals surface area contributed by atoms with Crippen LogP contribution in [0.1, 0.15) is 51.4 Å². The van der Waals surface area contributed by atoms with Crippen LogP contribution < -0.4 is 15.4 Å². The molecule has 0 unspecified atom stereocenters. The van der Waals surface area contributed by atoms with Gasteiger partial charge in [-0.25, -0.2) is 4.79 Å². The van der Waals surface area contributed by atoms with Gasteiger partial charge in [0.1, 0.15) is 12.4 Å². The van der Waals surface area contributed by atoms with E-state index in [4.69, 9.17) is 9.47 Å². The van der Waals surface area contributed by atoms with E-state index in [1.54, 1.807) is 49.1 Å². The highest BCUT2D eigenvalue weighted by Gasteiger charge is 2.30. The highest BCUT2D eigenvalue weighted by atomic mass is 16.5. The van der Waals surface area contributed by atoms with Crippen molar-refractivity contribution in [2.45, 2.75) is 59.2 Å². The number of likely N-dealkylation sites (N-methyl/N-ethyl adjacent to an activating group) is 1. The summed E-state index contributed by atoms with van der Waals surface area (Å²) in [5.41, 5.74) is 0.939. The van der Waals surface area contributed by atoms with Gasteiger partial charge in [0.15, 0.2) is 0 Å². The summed E-state index contributed by atoms with van der Waals surface area (Å²) in [5.74, 6) is 0.0131. The number of urea groups is 1. The Balaban J connectivity index is 2.44. The van der Waals surface area contributed by atoms with Gasteiger partial charge >= 0.3 is 6.03 Å². The number of anilines is 1. The standard InChI is InChI=1S/C24H38N4O5/c1-8-22(29)26-18-9-10-19-20(11-18)33-14-17(5)28(24(31)25-15(2)3)12-16(4)21(32-7)13-27(6)23(19)30/h9-11,15-17,21H,8,12-14H2,1-7H3,(H,25,31)(H,26,29)/t16-,17-,21+/m1/s1. The molecule has 0 bridgehead atoms. The van der Waals surface area contributed by atoms with E-state index in [0.717, 1.165) is 0 Å². The summed E-state index contributed by atoms with van der Waals surface area (Å²) in [6.07, 6.45) is 0.0834. The number of methoxy groups -OCH3 is 1. The van der Waals surface area contributed by atoms with Gasteiger partial charge in [-0.2, -0.15) is 0 Å². The predicted octanol–water partition coefficient (Wildman–Crippen LogP) is 2.96. The van der Waals surface area contributed by atoms with Gasteiger partial charge in [0.2, 0.25) is 5.91 Å². The quantitative estimate of drug-likeness (QED) is 0.717. The first-order valence-corrected chi connectivity index (χ1v) is 11.5. The molecule has 0 saturated heterocycles. The molecule has 0 saturated carbocycles. The Labute approximate surface area is 196 Å². The fraction of sp³-hybridized carbons (Fsp3) is 0.625. The van der Waals surface area contributed by atoms with Gasteiger partial charge in [0.05, 0.1) is 17.7 Å². The van der Waals surface area contributed by atoms with Crippen molar-refractivity contribution in [1.29, 1.82) is 0 Å². The number of amides is 4. The van der Waals surface area contributed by atoms with Gasteiger partial charge in [0.25, 0.3) is 5.91 Å². The minimum absolute atomic E-state index is 0.00486. The summed E-state index contributed by atoms with van der Waals surface area (Å²) in [6.45, 7) is 10.5. The molecule has 2 rings (SSSR count). The average Bonchev–Trinajstić information content (AvgIpc) is 2.77. The van der Waals surface area contributed by atoms with Crippen molar-refractivity contribution in [3.63, 3.8) is 0 Å². The Morgan fingerprint density at radius 3 is 2.55 bits per heavy atom. The second kappa shape index (κ2) is 11.9. The topological polar surface area (TPSA) is 100 Å². The molecule has 3 atom stereocenters. The van der Waals surface area contributed by atoms with E-state index in [0.29, 0.717) is 36.5 Å². The summed E-state index contributed by atoms with van der Waals surface area (Å²) < 4.78 is 11.8. The van der Waals surface area contributed by atoms with E-state index >= 15 is 0 Å². The Bertz CT molecular complexity index is 844. The third-order valence-electron chi connectivity index (χ3n) is 5.72. The number of hydrogen-bond donors (Lipinski definition) is 2. The maximum absolute atomic E-state index is 13.2. The van der Waals surface area contributed by atoms with Crippen LogP contribution in [0.2, 0.25) is 0 Å². The highest BCUT2D eigenvalue weighted by molar-refractivity contribution is 5.98. The largest absolute Gasteiger partial charge is 0.491 e. The number of carbonyl (C=O) groups excluding carboxylic acids is 3. The number of nitrogens with one attached hydrogen (secondary N) is 2. The van der Waals surface area contributed by atoms with Crippen molar-refractivity contribution in [3.8, 4) is 5.75 Å². The molecule has 1 aromatic carbocycles. The van der Waals surface area contributed by atoms with Gasteiger partial charge in [-0.05, 0) is 32.9 Å². The Kier molecular flexibility index (Phi) is 9.52. The molecule has 0 aromatic heterocycles. The maximum Gasteiger partial charge on any atom is 0.317 e. The number of rotatable bonds is 4. The second-order valence-corrected chi connectivity index (χ2v) is 8.97. The predicted molar refractivity (Wildman–Crippen MR) is 128 cm³/mol. The second-order valence-electron chi connectivity index (χ2n) is 8.97. The van der Waals surface area contributed by atoms with E-state index < -0.39 is 0 Å². The maximum atomic E-state index is 13.2. The van der Waals surface area contributed by atoms with E-state index in [1.807, 2.05) is 27.7 Å². The molecule has 33 heavy (non-hydrogen) atoms. The molecule has 0 aliphatic carbocycles. The smallest absolute Gasteiger partial charge is 0.317 e. The van der Waals surface area contributed by atoms with Crippen molar-refractivity contribution in [2.75, 3.05) is 39.2 Å². The lowest BCUT2D eigenvalue weighted by Gasteiger charge is -2.36. The lowest BCUT2D eigenvalue weighted by atomic mass is 10.0. The Morgan fingerprint density at radius 1 is 1.24 bits per heavy atom. The lowest BCUT2D eigenvalue weighted by Crippen LogP contribution is -2.52. The Hall–Kier alpha value is -2.81. The van der Waals surface area contributed by atoms with Crippen molar-refractivity contribution < 1.29 is 23.9 Å². The first kappa shape index (κ1) is 26.4. The number of carbonyl (C=O) groups is 3.